The Balaban J connectivity index is 1.56. The monoisotopic (exact) mass is 339 g/mol. The lowest BCUT2D eigenvalue weighted by atomic mass is 10.0. The van der Waals surface area contributed by atoms with E-state index in [4.69, 9.17) is 5.73 Å². The molecule has 0 radical (unpaired) electrons. The minimum absolute atomic E-state index is 0.208. The molecule has 0 aromatic heterocycles. The number of halogens is 2. The lowest BCUT2D eigenvalue weighted by molar-refractivity contribution is -0.123. The van der Waals surface area contributed by atoms with Gasteiger partial charge in [-0.15, -0.1) is 0 Å². The molecule has 7 heteroatoms. The third-order valence-electron chi connectivity index (χ3n) is 5.00. The Labute approximate surface area is 140 Å². The highest BCUT2D eigenvalue weighted by Gasteiger charge is 2.39. The van der Waals surface area contributed by atoms with Crippen LogP contribution in [0.4, 0.5) is 8.78 Å². The number of carbonyl (C=O) groups is 1. The molecule has 3 rings (SSSR count). The predicted octanol–water partition coefficient (Wildman–Crippen LogP) is 0.850. The molecular weight excluding hydrogens is 316 g/mol. The molecule has 24 heavy (non-hydrogen) atoms. The molecule has 5 nitrogen and oxygen atoms in total. The highest BCUT2D eigenvalue weighted by Crippen LogP contribution is 2.27. The zero-order valence-electron chi connectivity index (χ0n) is 13.5. The third kappa shape index (κ3) is 3.91. The largest absolute Gasteiger partial charge is 0.392 e. The first-order chi connectivity index (χ1) is 11.4. The molecule has 0 spiro atoms. The lowest BCUT2D eigenvalue weighted by Crippen LogP contribution is -2.50. The van der Waals surface area contributed by atoms with Crippen LogP contribution in [-0.2, 0) is 11.3 Å². The number of likely N-dealkylation sites (tertiary alicyclic amines) is 2. The van der Waals surface area contributed by atoms with Gasteiger partial charge in [-0.05, 0) is 50.0 Å². The minimum Gasteiger partial charge on any atom is -0.392 e. The van der Waals surface area contributed by atoms with E-state index in [1.807, 2.05) is 4.90 Å². The smallest absolute Gasteiger partial charge is 0.234 e. The molecule has 132 valence electrons. The van der Waals surface area contributed by atoms with Crippen LogP contribution in [0.2, 0.25) is 0 Å². The summed E-state index contributed by atoms with van der Waals surface area (Å²) in [7, 11) is 0. The maximum atomic E-state index is 13.3. The lowest BCUT2D eigenvalue weighted by Gasteiger charge is -2.38. The topological polar surface area (TPSA) is 69.8 Å². The number of carbonyl (C=O) groups excluding carboxylic acids is 1. The molecule has 0 unspecified atom stereocenters. The van der Waals surface area contributed by atoms with Crippen molar-refractivity contribution in [3.8, 4) is 0 Å². The van der Waals surface area contributed by atoms with Crippen molar-refractivity contribution in [1.29, 1.82) is 0 Å². The Kier molecular flexibility index (Phi) is 5.12. The SMILES string of the molecule is NC(=O)[C@@H]1C[C@@H](O)CN1C1CCN(Cc2cc(F)cc(F)c2)CC1. The normalized spacial score (nSPS) is 26.8. The van der Waals surface area contributed by atoms with Crippen LogP contribution in [0.25, 0.3) is 0 Å². The molecular formula is C17H23F2N3O2. The summed E-state index contributed by atoms with van der Waals surface area (Å²) in [5, 5.41) is 9.82. The van der Waals surface area contributed by atoms with Gasteiger partial charge in [-0.2, -0.15) is 0 Å². The summed E-state index contributed by atoms with van der Waals surface area (Å²) in [4.78, 5) is 15.7. The number of primary amides is 1. The quantitative estimate of drug-likeness (QED) is 0.853. The molecule has 1 aromatic rings. The number of amides is 1. The Morgan fingerprint density at radius 1 is 1.21 bits per heavy atom. The van der Waals surface area contributed by atoms with Crippen LogP contribution in [0.5, 0.6) is 0 Å². The van der Waals surface area contributed by atoms with Crippen LogP contribution in [0.3, 0.4) is 0 Å². The van der Waals surface area contributed by atoms with E-state index in [0.717, 1.165) is 32.0 Å². The second-order valence-electron chi connectivity index (χ2n) is 6.79. The van der Waals surface area contributed by atoms with Gasteiger partial charge in [0.15, 0.2) is 0 Å². The number of hydrogen-bond acceptors (Lipinski definition) is 4. The van der Waals surface area contributed by atoms with Gasteiger partial charge < -0.3 is 10.8 Å². The Hall–Kier alpha value is -1.57. The second-order valence-corrected chi connectivity index (χ2v) is 6.79. The van der Waals surface area contributed by atoms with E-state index < -0.39 is 23.8 Å². The average Bonchev–Trinajstić information content (AvgIpc) is 2.89. The van der Waals surface area contributed by atoms with Crippen molar-refractivity contribution in [3.63, 3.8) is 0 Å². The molecule has 0 saturated carbocycles. The summed E-state index contributed by atoms with van der Waals surface area (Å²) in [6, 6.07) is 3.40. The molecule has 2 heterocycles. The number of aliphatic hydroxyl groups is 1. The van der Waals surface area contributed by atoms with E-state index in [9.17, 15) is 18.7 Å². The van der Waals surface area contributed by atoms with Crippen LogP contribution in [0, 0.1) is 11.6 Å². The first-order valence-corrected chi connectivity index (χ1v) is 8.33. The van der Waals surface area contributed by atoms with Gasteiger partial charge in [-0.25, -0.2) is 8.78 Å². The highest BCUT2D eigenvalue weighted by atomic mass is 19.1. The molecule has 0 aliphatic carbocycles. The average molecular weight is 339 g/mol. The predicted molar refractivity (Wildman–Crippen MR) is 85.0 cm³/mol. The molecule has 2 aliphatic heterocycles. The van der Waals surface area contributed by atoms with Crippen molar-refractivity contribution in [2.24, 2.45) is 5.73 Å². The van der Waals surface area contributed by atoms with Gasteiger partial charge in [0.1, 0.15) is 11.6 Å². The number of β-amino-alcohol motifs (C(OH)–C–C–N with tert-alkyl or cyclic N) is 1. The summed E-state index contributed by atoms with van der Waals surface area (Å²) >= 11 is 0. The number of rotatable bonds is 4. The van der Waals surface area contributed by atoms with Crippen LogP contribution < -0.4 is 5.73 Å². The number of nitrogens with zero attached hydrogens (tertiary/aromatic N) is 2. The van der Waals surface area contributed by atoms with E-state index in [-0.39, 0.29) is 11.9 Å². The Morgan fingerprint density at radius 2 is 1.83 bits per heavy atom. The van der Waals surface area contributed by atoms with Crippen LogP contribution in [-0.4, -0.2) is 58.6 Å². The molecule has 1 amide bonds. The van der Waals surface area contributed by atoms with Crippen LogP contribution in [0.1, 0.15) is 24.8 Å². The Bertz CT molecular complexity index is 585. The van der Waals surface area contributed by atoms with Gasteiger partial charge in [0.2, 0.25) is 5.91 Å². The molecule has 0 bridgehead atoms. The molecule has 3 N–H and O–H groups in total. The summed E-state index contributed by atoms with van der Waals surface area (Å²) in [5.74, 6) is -1.50. The van der Waals surface area contributed by atoms with Gasteiger partial charge >= 0.3 is 0 Å². The van der Waals surface area contributed by atoms with E-state index in [1.54, 1.807) is 0 Å². The van der Waals surface area contributed by atoms with Gasteiger partial charge in [0.05, 0.1) is 12.1 Å². The summed E-state index contributed by atoms with van der Waals surface area (Å²) in [5.41, 5.74) is 6.06. The van der Waals surface area contributed by atoms with Gasteiger partial charge in [-0.1, -0.05) is 0 Å². The van der Waals surface area contributed by atoms with Crippen molar-refractivity contribution < 1.29 is 18.7 Å². The fraction of sp³-hybridized carbons (Fsp3) is 0.588. The molecule has 2 saturated heterocycles. The van der Waals surface area contributed by atoms with Crippen molar-refractivity contribution in [2.75, 3.05) is 19.6 Å². The molecule has 2 fully saturated rings. The first-order valence-electron chi connectivity index (χ1n) is 8.33. The maximum absolute atomic E-state index is 13.3. The van der Waals surface area contributed by atoms with Crippen LogP contribution in [0.15, 0.2) is 18.2 Å². The summed E-state index contributed by atoms with van der Waals surface area (Å²) in [6.45, 7) is 2.54. The fourth-order valence-electron chi connectivity index (χ4n) is 3.89. The molecule has 2 aliphatic rings. The number of piperidine rings is 1. The summed E-state index contributed by atoms with van der Waals surface area (Å²) in [6.07, 6.45) is 1.58. The van der Waals surface area contributed by atoms with Gasteiger partial charge in [-0.3, -0.25) is 14.6 Å². The zero-order valence-corrected chi connectivity index (χ0v) is 13.5. The highest BCUT2D eigenvalue weighted by molar-refractivity contribution is 5.80. The Morgan fingerprint density at radius 3 is 2.42 bits per heavy atom. The van der Waals surface area contributed by atoms with Crippen molar-refractivity contribution in [3.05, 3.63) is 35.4 Å². The van der Waals surface area contributed by atoms with Crippen LogP contribution >= 0.6 is 0 Å². The number of aliphatic hydroxyl groups excluding tert-OH is 1. The molecule has 1 aromatic carbocycles. The fourth-order valence-corrected chi connectivity index (χ4v) is 3.89. The third-order valence-corrected chi connectivity index (χ3v) is 5.00. The number of benzene rings is 1. The zero-order chi connectivity index (χ0) is 17.3. The van der Waals surface area contributed by atoms with Crippen molar-refractivity contribution in [1.82, 2.24) is 9.80 Å². The number of hydrogen-bond donors (Lipinski definition) is 2. The van der Waals surface area contributed by atoms with Crippen molar-refractivity contribution in [2.45, 2.75) is 44.0 Å². The van der Waals surface area contributed by atoms with E-state index in [1.165, 1.54) is 12.1 Å². The first kappa shape index (κ1) is 17.3. The van der Waals surface area contributed by atoms with Gasteiger partial charge in [0, 0.05) is 25.2 Å². The van der Waals surface area contributed by atoms with E-state index in [2.05, 4.69) is 4.90 Å². The van der Waals surface area contributed by atoms with E-state index in [0.29, 0.717) is 25.1 Å². The van der Waals surface area contributed by atoms with Crippen molar-refractivity contribution >= 4 is 5.91 Å². The molecule has 2 atom stereocenters. The number of nitrogens with two attached hydrogens (primary N) is 1. The van der Waals surface area contributed by atoms with E-state index >= 15 is 0 Å². The van der Waals surface area contributed by atoms with Gasteiger partial charge in [0.25, 0.3) is 0 Å². The second kappa shape index (κ2) is 7.13. The minimum atomic E-state index is -0.560. The maximum Gasteiger partial charge on any atom is 0.234 e. The standard InChI is InChI=1S/C17H23F2N3O2/c18-12-5-11(6-13(19)7-12)9-21-3-1-14(2-4-21)22-10-15(23)8-16(22)17(20)24/h5-7,14-16,23H,1-4,8-10H2,(H2,20,24)/t15-,16+/m1/s1. The summed E-state index contributed by atoms with van der Waals surface area (Å²) < 4.78 is 26.5.